The standard InChI is InChI=1S/C10H6BrFIN3/c11-6-1-2-7(12)9(3-6)16-10-8(13)4-14-5-15-10/h1-5H,(H,14,15,16). The summed E-state index contributed by atoms with van der Waals surface area (Å²) in [5.41, 5.74) is 0.381. The SMILES string of the molecule is Fc1ccc(Br)cc1Nc1ncncc1I. The molecule has 0 radical (unpaired) electrons. The molecular weight excluding hydrogens is 388 g/mol. The Hall–Kier alpha value is -0.760. The first-order chi connectivity index (χ1) is 7.66. The van der Waals surface area contributed by atoms with Gasteiger partial charge in [0, 0.05) is 10.7 Å². The number of anilines is 2. The van der Waals surface area contributed by atoms with Crippen molar-refractivity contribution in [3.8, 4) is 0 Å². The van der Waals surface area contributed by atoms with Crippen LogP contribution in [0.4, 0.5) is 15.9 Å². The lowest BCUT2D eigenvalue weighted by Gasteiger charge is -2.08. The van der Waals surface area contributed by atoms with E-state index in [1.165, 1.54) is 12.4 Å². The molecule has 0 unspecified atom stereocenters. The van der Waals surface area contributed by atoms with Gasteiger partial charge >= 0.3 is 0 Å². The highest BCUT2D eigenvalue weighted by Crippen LogP contribution is 2.24. The minimum absolute atomic E-state index is 0.322. The highest BCUT2D eigenvalue weighted by atomic mass is 127. The minimum Gasteiger partial charge on any atom is -0.337 e. The zero-order valence-corrected chi connectivity index (χ0v) is 11.7. The van der Waals surface area contributed by atoms with Crippen LogP contribution in [0.3, 0.4) is 0 Å². The van der Waals surface area contributed by atoms with Gasteiger partial charge in [-0.15, -0.1) is 0 Å². The van der Waals surface area contributed by atoms with Crippen LogP contribution < -0.4 is 5.32 Å². The summed E-state index contributed by atoms with van der Waals surface area (Å²) in [4.78, 5) is 7.90. The van der Waals surface area contributed by atoms with Gasteiger partial charge in [-0.3, -0.25) is 0 Å². The van der Waals surface area contributed by atoms with Crippen LogP contribution in [0, 0.1) is 9.39 Å². The zero-order chi connectivity index (χ0) is 11.5. The molecular formula is C10H6BrFIN3. The molecule has 1 aromatic carbocycles. The summed E-state index contributed by atoms with van der Waals surface area (Å²) in [6, 6.07) is 4.69. The quantitative estimate of drug-likeness (QED) is 0.790. The third kappa shape index (κ3) is 2.67. The smallest absolute Gasteiger partial charge is 0.147 e. The molecule has 0 saturated carbocycles. The molecule has 82 valence electrons. The van der Waals surface area contributed by atoms with Crippen LogP contribution in [0.5, 0.6) is 0 Å². The van der Waals surface area contributed by atoms with Crippen LogP contribution >= 0.6 is 38.5 Å². The molecule has 0 spiro atoms. The molecule has 0 fully saturated rings. The van der Waals surface area contributed by atoms with Crippen molar-refractivity contribution in [3.05, 3.63) is 44.6 Å². The zero-order valence-electron chi connectivity index (χ0n) is 7.92. The molecule has 0 aliphatic carbocycles. The van der Waals surface area contributed by atoms with E-state index in [0.717, 1.165) is 8.04 Å². The van der Waals surface area contributed by atoms with Crippen LogP contribution in [-0.2, 0) is 0 Å². The van der Waals surface area contributed by atoms with E-state index in [2.05, 4.69) is 53.8 Å². The topological polar surface area (TPSA) is 37.8 Å². The largest absolute Gasteiger partial charge is 0.337 e. The van der Waals surface area contributed by atoms with E-state index in [1.807, 2.05) is 0 Å². The Morgan fingerprint density at radius 3 is 2.94 bits per heavy atom. The summed E-state index contributed by atoms with van der Waals surface area (Å²) in [6.07, 6.45) is 3.08. The van der Waals surface area contributed by atoms with E-state index in [1.54, 1.807) is 18.3 Å². The number of aromatic nitrogens is 2. The van der Waals surface area contributed by atoms with Crippen molar-refractivity contribution in [2.24, 2.45) is 0 Å². The van der Waals surface area contributed by atoms with Gasteiger partial charge in [0.05, 0.1) is 9.26 Å². The van der Waals surface area contributed by atoms with E-state index in [-0.39, 0.29) is 5.82 Å². The van der Waals surface area contributed by atoms with Crippen molar-refractivity contribution >= 4 is 50.0 Å². The van der Waals surface area contributed by atoms with E-state index in [4.69, 9.17) is 0 Å². The predicted molar refractivity (Wildman–Crippen MR) is 72.1 cm³/mol. The van der Waals surface area contributed by atoms with Crippen molar-refractivity contribution in [3.63, 3.8) is 0 Å². The van der Waals surface area contributed by atoms with Crippen molar-refractivity contribution in [2.75, 3.05) is 5.32 Å². The maximum absolute atomic E-state index is 13.5. The van der Waals surface area contributed by atoms with Gasteiger partial charge in [0.2, 0.25) is 0 Å². The average Bonchev–Trinajstić information content (AvgIpc) is 2.27. The number of nitrogens with one attached hydrogen (secondary N) is 1. The number of hydrogen-bond acceptors (Lipinski definition) is 3. The summed E-state index contributed by atoms with van der Waals surface area (Å²) >= 11 is 5.37. The average molecular weight is 394 g/mol. The first kappa shape index (κ1) is 11.7. The van der Waals surface area contributed by atoms with Gasteiger partial charge in [0.1, 0.15) is 18.0 Å². The summed E-state index contributed by atoms with van der Waals surface area (Å²) < 4.78 is 15.1. The lowest BCUT2D eigenvalue weighted by Crippen LogP contribution is -1.99. The molecule has 1 heterocycles. The van der Waals surface area contributed by atoms with Gasteiger partial charge in [0.25, 0.3) is 0 Å². The monoisotopic (exact) mass is 393 g/mol. The number of nitrogens with zero attached hydrogens (tertiary/aromatic N) is 2. The van der Waals surface area contributed by atoms with Gasteiger partial charge in [-0.25, -0.2) is 14.4 Å². The number of hydrogen-bond donors (Lipinski definition) is 1. The van der Waals surface area contributed by atoms with Gasteiger partial charge < -0.3 is 5.32 Å². The molecule has 2 aromatic rings. The second-order valence-corrected chi connectivity index (χ2v) is 5.05. The summed E-state index contributed by atoms with van der Waals surface area (Å²) in [5.74, 6) is 0.269. The molecule has 0 amide bonds. The van der Waals surface area contributed by atoms with E-state index in [0.29, 0.717) is 11.5 Å². The Balaban J connectivity index is 2.34. The lowest BCUT2D eigenvalue weighted by atomic mass is 10.3. The highest BCUT2D eigenvalue weighted by molar-refractivity contribution is 14.1. The Kier molecular flexibility index (Phi) is 3.70. The predicted octanol–water partition coefficient (Wildman–Crippen LogP) is 3.73. The van der Waals surface area contributed by atoms with Crippen molar-refractivity contribution in [1.29, 1.82) is 0 Å². The van der Waals surface area contributed by atoms with E-state index in [9.17, 15) is 4.39 Å². The summed E-state index contributed by atoms with van der Waals surface area (Å²) in [7, 11) is 0. The fourth-order valence-electron chi connectivity index (χ4n) is 1.13. The minimum atomic E-state index is -0.322. The maximum Gasteiger partial charge on any atom is 0.147 e. The normalized spacial score (nSPS) is 10.2. The first-order valence-electron chi connectivity index (χ1n) is 4.34. The lowest BCUT2D eigenvalue weighted by molar-refractivity contribution is 0.631. The fourth-order valence-corrected chi connectivity index (χ4v) is 1.92. The van der Waals surface area contributed by atoms with Crippen LogP contribution in [-0.4, -0.2) is 9.97 Å². The maximum atomic E-state index is 13.5. The molecule has 16 heavy (non-hydrogen) atoms. The summed E-state index contributed by atoms with van der Waals surface area (Å²) in [6.45, 7) is 0. The van der Waals surface area contributed by atoms with E-state index >= 15 is 0 Å². The van der Waals surface area contributed by atoms with Crippen LogP contribution in [0.2, 0.25) is 0 Å². The fraction of sp³-hybridized carbons (Fsp3) is 0. The van der Waals surface area contributed by atoms with Gasteiger partial charge in [-0.05, 0) is 40.8 Å². The molecule has 0 aliphatic rings. The number of rotatable bonds is 2. The number of halogens is 3. The van der Waals surface area contributed by atoms with E-state index < -0.39 is 0 Å². The van der Waals surface area contributed by atoms with Crippen molar-refractivity contribution in [1.82, 2.24) is 9.97 Å². The Morgan fingerprint density at radius 2 is 2.19 bits per heavy atom. The molecule has 3 nitrogen and oxygen atoms in total. The molecule has 1 aromatic heterocycles. The Labute approximate surface area is 114 Å². The molecule has 2 rings (SSSR count). The number of benzene rings is 1. The van der Waals surface area contributed by atoms with Gasteiger partial charge in [-0.1, -0.05) is 15.9 Å². The summed E-state index contributed by atoms with van der Waals surface area (Å²) in [5, 5.41) is 2.92. The van der Waals surface area contributed by atoms with Crippen molar-refractivity contribution < 1.29 is 4.39 Å². The third-order valence-electron chi connectivity index (χ3n) is 1.85. The Bertz CT molecular complexity index is 521. The van der Waals surface area contributed by atoms with Crippen LogP contribution in [0.1, 0.15) is 0 Å². The molecule has 0 saturated heterocycles. The Morgan fingerprint density at radius 1 is 1.38 bits per heavy atom. The molecule has 0 bridgehead atoms. The second kappa shape index (κ2) is 5.05. The molecule has 0 atom stereocenters. The van der Waals surface area contributed by atoms with Gasteiger partial charge in [0.15, 0.2) is 0 Å². The second-order valence-electron chi connectivity index (χ2n) is 2.97. The first-order valence-corrected chi connectivity index (χ1v) is 6.21. The molecule has 0 aliphatic heterocycles. The van der Waals surface area contributed by atoms with Crippen LogP contribution in [0.15, 0.2) is 35.2 Å². The van der Waals surface area contributed by atoms with Crippen LogP contribution in [0.25, 0.3) is 0 Å². The van der Waals surface area contributed by atoms with Gasteiger partial charge in [-0.2, -0.15) is 0 Å². The molecule has 6 heteroatoms. The highest BCUT2D eigenvalue weighted by Gasteiger charge is 2.06. The van der Waals surface area contributed by atoms with Crippen molar-refractivity contribution in [2.45, 2.75) is 0 Å². The third-order valence-corrected chi connectivity index (χ3v) is 3.13. The molecule has 1 N–H and O–H groups in total.